The van der Waals surface area contributed by atoms with E-state index in [4.69, 9.17) is 0 Å². The van der Waals surface area contributed by atoms with Gasteiger partial charge in [-0.1, -0.05) is 0 Å². The lowest BCUT2D eigenvalue weighted by Gasteiger charge is -1.93. The lowest BCUT2D eigenvalue weighted by molar-refractivity contribution is -0.124. The zero-order chi connectivity index (χ0) is 7.49. The molecule has 0 atom stereocenters. The number of hydrogen-bond donors (Lipinski definition) is 0. The second kappa shape index (κ2) is 2.61. The number of rotatable bonds is 1. The molecule has 9 heavy (non-hydrogen) atoms. The smallest absolute Gasteiger partial charge is 0.256 e. The first-order valence-corrected chi connectivity index (χ1v) is 1.87. The summed E-state index contributed by atoms with van der Waals surface area (Å²) in [6, 6.07) is -2.10. The van der Waals surface area contributed by atoms with Crippen molar-refractivity contribution in [2.75, 3.05) is 0 Å². The van der Waals surface area contributed by atoms with Crippen LogP contribution in [0.1, 0.15) is 0 Å². The van der Waals surface area contributed by atoms with Crippen molar-refractivity contribution < 1.29 is 22.4 Å². The first-order valence-electron chi connectivity index (χ1n) is 1.87. The van der Waals surface area contributed by atoms with E-state index < -0.39 is 18.3 Å². The third-order valence-electron chi connectivity index (χ3n) is 0.403. The Balaban J connectivity index is 3.86. The van der Waals surface area contributed by atoms with Gasteiger partial charge >= 0.3 is 12.2 Å². The van der Waals surface area contributed by atoms with Crippen molar-refractivity contribution in [1.82, 2.24) is 0 Å². The highest BCUT2D eigenvalue weighted by Crippen LogP contribution is 2.15. The van der Waals surface area contributed by atoms with E-state index in [0.29, 0.717) is 0 Å². The summed E-state index contributed by atoms with van der Waals surface area (Å²) in [5.74, 6) is 0. The number of allylic oxidation sites excluding steroid dienone is 2. The van der Waals surface area contributed by atoms with Crippen molar-refractivity contribution in [2.45, 2.75) is 6.18 Å². The summed E-state index contributed by atoms with van der Waals surface area (Å²) in [4.78, 5) is 9.24. The highest BCUT2D eigenvalue weighted by atomic mass is 19.4. The lowest BCUT2D eigenvalue weighted by atomic mass is 10.5. The van der Waals surface area contributed by atoms with Crippen molar-refractivity contribution in [3.05, 3.63) is 12.2 Å². The fraction of sp³-hybridized carbons (Fsp3) is 0.250. The molecule has 0 spiro atoms. The molecule has 0 bridgehead atoms. The Morgan fingerprint density at radius 3 is 1.89 bits per heavy atom. The predicted octanol–water partition coefficient (Wildman–Crippen LogP) is 1.60. The van der Waals surface area contributed by atoms with E-state index in [0.717, 1.165) is 0 Å². The largest absolute Gasteiger partial charge is 0.409 e. The van der Waals surface area contributed by atoms with Crippen LogP contribution in [0.3, 0.4) is 0 Å². The molecule has 0 aliphatic heterocycles. The van der Waals surface area contributed by atoms with Crippen LogP contribution in [0.15, 0.2) is 12.2 Å². The fourth-order valence-electron chi connectivity index (χ4n) is 0.160. The van der Waals surface area contributed by atoms with Crippen LogP contribution in [0.4, 0.5) is 17.6 Å². The summed E-state index contributed by atoms with van der Waals surface area (Å²) in [5, 5.41) is 0. The van der Waals surface area contributed by atoms with Gasteiger partial charge in [-0.25, -0.2) is 0 Å². The Hall–Kier alpha value is -0.870. The zero-order valence-electron chi connectivity index (χ0n) is 4.07. The van der Waals surface area contributed by atoms with Crippen LogP contribution in [0, 0.1) is 0 Å². The summed E-state index contributed by atoms with van der Waals surface area (Å²) in [7, 11) is 0. The van der Waals surface area contributed by atoms with E-state index in [9.17, 15) is 22.4 Å². The van der Waals surface area contributed by atoms with Crippen molar-refractivity contribution in [3.63, 3.8) is 0 Å². The van der Waals surface area contributed by atoms with E-state index in [2.05, 4.69) is 0 Å². The van der Waals surface area contributed by atoms with Crippen LogP contribution in [0.2, 0.25) is 0 Å². The molecule has 5 heteroatoms. The molecule has 0 amide bonds. The molecule has 0 N–H and O–H groups in total. The molecule has 0 aromatic heterocycles. The van der Waals surface area contributed by atoms with Crippen LogP contribution >= 0.6 is 0 Å². The molecule has 0 radical (unpaired) electrons. The average Bonchev–Trinajstić information content (AvgIpc) is 1.59. The molecule has 0 aromatic carbocycles. The molecular formula is C4H2F4O. The molecule has 1 nitrogen and oxygen atoms in total. The van der Waals surface area contributed by atoms with Gasteiger partial charge in [0.1, 0.15) is 0 Å². The third kappa shape index (κ3) is 7.13. The Labute approximate surface area is 48.0 Å². The maximum Gasteiger partial charge on any atom is 0.409 e. The minimum absolute atomic E-state index is 0.181. The maximum atomic E-state index is 11.0. The quantitative estimate of drug-likeness (QED) is 0.308. The Morgan fingerprint density at radius 1 is 1.33 bits per heavy atom. The van der Waals surface area contributed by atoms with Crippen LogP contribution in [-0.2, 0) is 4.79 Å². The number of carbonyl (C=O) groups is 1. The summed E-state index contributed by atoms with van der Waals surface area (Å²) in [6.07, 6.45) is -5.25. The van der Waals surface area contributed by atoms with Gasteiger partial charge in [0.05, 0.1) is 0 Å². The van der Waals surface area contributed by atoms with Gasteiger partial charge < -0.3 is 0 Å². The number of carbonyl (C=O) groups excluding carboxylic acids is 1. The van der Waals surface area contributed by atoms with Crippen molar-refractivity contribution in [2.24, 2.45) is 0 Å². The second-order valence-corrected chi connectivity index (χ2v) is 1.18. The number of alkyl halides is 3. The van der Waals surface area contributed by atoms with Crippen molar-refractivity contribution >= 4 is 6.04 Å². The minimum atomic E-state index is -4.61. The molecule has 0 saturated heterocycles. The molecule has 0 fully saturated rings. The van der Waals surface area contributed by atoms with Gasteiger partial charge in [-0.15, -0.1) is 0 Å². The fourth-order valence-corrected chi connectivity index (χ4v) is 0.160. The Bertz CT molecular complexity index is 134. The minimum Gasteiger partial charge on any atom is -0.256 e. The maximum absolute atomic E-state index is 11.0. The Kier molecular flexibility index (Phi) is 2.36. The summed E-state index contributed by atoms with van der Waals surface area (Å²) in [6.45, 7) is 0. The lowest BCUT2D eigenvalue weighted by Crippen LogP contribution is -2.01. The molecule has 0 aliphatic rings. The van der Waals surface area contributed by atoms with E-state index in [1.54, 1.807) is 0 Å². The molecule has 0 heterocycles. The standard InChI is InChI=1S/C4H2F4O/c5-3(9)1-2-4(6,7)8/h1-2H/b2-1+. The molecule has 52 valence electrons. The van der Waals surface area contributed by atoms with E-state index in [-0.39, 0.29) is 6.08 Å². The Morgan fingerprint density at radius 2 is 1.78 bits per heavy atom. The van der Waals surface area contributed by atoms with E-state index >= 15 is 0 Å². The molecule has 0 aliphatic carbocycles. The summed E-state index contributed by atoms with van der Waals surface area (Å²) < 4.78 is 44.0. The molecule has 0 rings (SSSR count). The normalized spacial score (nSPS) is 12.4. The van der Waals surface area contributed by atoms with Crippen LogP contribution < -0.4 is 0 Å². The number of hydrogen-bond acceptors (Lipinski definition) is 1. The number of halogens is 4. The average molecular weight is 142 g/mol. The van der Waals surface area contributed by atoms with Gasteiger partial charge in [0.25, 0.3) is 0 Å². The van der Waals surface area contributed by atoms with Crippen molar-refractivity contribution in [1.29, 1.82) is 0 Å². The van der Waals surface area contributed by atoms with Gasteiger partial charge in [0, 0.05) is 12.2 Å². The van der Waals surface area contributed by atoms with Crippen LogP contribution in [0.25, 0.3) is 0 Å². The molecular weight excluding hydrogens is 140 g/mol. The predicted molar refractivity (Wildman–Crippen MR) is 21.3 cm³/mol. The third-order valence-corrected chi connectivity index (χ3v) is 0.403. The van der Waals surface area contributed by atoms with Gasteiger partial charge in [0.2, 0.25) is 0 Å². The van der Waals surface area contributed by atoms with Gasteiger partial charge in [0.15, 0.2) is 0 Å². The first kappa shape index (κ1) is 8.13. The molecule has 0 aromatic rings. The highest BCUT2D eigenvalue weighted by Gasteiger charge is 2.22. The van der Waals surface area contributed by atoms with Crippen LogP contribution in [-0.4, -0.2) is 12.2 Å². The highest BCUT2D eigenvalue weighted by molar-refractivity contribution is 5.80. The van der Waals surface area contributed by atoms with E-state index in [1.807, 2.05) is 0 Å². The second-order valence-electron chi connectivity index (χ2n) is 1.18. The van der Waals surface area contributed by atoms with Gasteiger partial charge in [-0.3, -0.25) is 4.79 Å². The van der Waals surface area contributed by atoms with Gasteiger partial charge in [-0.05, 0) is 0 Å². The molecule has 0 saturated carbocycles. The zero-order valence-corrected chi connectivity index (χ0v) is 4.07. The summed E-state index contributed by atoms with van der Waals surface area (Å²) in [5.41, 5.74) is 0. The SMILES string of the molecule is O=C(F)/C=C/C(F)(F)F. The topological polar surface area (TPSA) is 17.1 Å². The molecule has 0 unspecified atom stereocenters. The van der Waals surface area contributed by atoms with Crippen molar-refractivity contribution in [3.8, 4) is 0 Å². The van der Waals surface area contributed by atoms with Crippen LogP contribution in [0.5, 0.6) is 0 Å². The van der Waals surface area contributed by atoms with Gasteiger partial charge in [-0.2, -0.15) is 17.6 Å². The summed E-state index contributed by atoms with van der Waals surface area (Å²) >= 11 is 0. The first-order chi connectivity index (χ1) is 3.92. The monoisotopic (exact) mass is 142 g/mol. The van der Waals surface area contributed by atoms with E-state index in [1.165, 1.54) is 0 Å².